The summed E-state index contributed by atoms with van der Waals surface area (Å²) in [7, 11) is 0. The van der Waals surface area contributed by atoms with Crippen molar-refractivity contribution in [2.75, 3.05) is 18.2 Å². The highest BCUT2D eigenvalue weighted by Crippen LogP contribution is 2.34. The van der Waals surface area contributed by atoms with E-state index >= 15 is 0 Å². The van der Waals surface area contributed by atoms with Crippen LogP contribution in [-0.4, -0.2) is 23.8 Å². The maximum atomic E-state index is 11.8. The largest absolute Gasteiger partial charge is 0.462 e. The van der Waals surface area contributed by atoms with E-state index in [1.54, 1.807) is 31.2 Å². The monoisotopic (exact) mass is 363 g/mol. The molecule has 0 unspecified atom stereocenters. The summed E-state index contributed by atoms with van der Waals surface area (Å²) in [4.78, 5) is 16.3. The number of benzene rings is 2. The van der Waals surface area contributed by atoms with E-state index < -0.39 is 0 Å². The molecule has 1 N–H and O–H groups in total. The summed E-state index contributed by atoms with van der Waals surface area (Å²) < 4.78 is 5.00. The number of fused-ring (bicyclic) bond motifs is 1. The van der Waals surface area contributed by atoms with E-state index in [0.717, 1.165) is 16.6 Å². The van der Waals surface area contributed by atoms with Gasteiger partial charge in [-0.2, -0.15) is 5.26 Å². The van der Waals surface area contributed by atoms with E-state index in [1.807, 2.05) is 30.5 Å². The molecule has 0 radical (unpaired) electrons. The summed E-state index contributed by atoms with van der Waals surface area (Å²) in [5, 5.41) is 14.5. The first-order valence-corrected chi connectivity index (χ1v) is 9.31. The van der Waals surface area contributed by atoms with Crippen LogP contribution in [0.25, 0.3) is 10.9 Å². The van der Waals surface area contributed by atoms with Crippen molar-refractivity contribution in [2.45, 2.75) is 11.9 Å². The zero-order chi connectivity index (χ0) is 18.5. The summed E-state index contributed by atoms with van der Waals surface area (Å²) in [6, 6.07) is 16.9. The number of carbonyl (C=O) groups excluding carboxylic acids is 1. The van der Waals surface area contributed by atoms with Gasteiger partial charge in [-0.15, -0.1) is 11.8 Å². The highest BCUT2D eigenvalue weighted by Gasteiger charge is 2.15. The van der Waals surface area contributed by atoms with Crippen LogP contribution < -0.4 is 5.32 Å². The molecule has 0 aliphatic carbocycles. The Hall–Kier alpha value is -3.04. The Morgan fingerprint density at radius 3 is 2.62 bits per heavy atom. The van der Waals surface area contributed by atoms with Gasteiger partial charge in [0.2, 0.25) is 0 Å². The smallest absolute Gasteiger partial charge is 0.338 e. The SMILES string of the molecule is CCOC(=O)c1ccc(Nc2c(C#N)c(SC)nc3ccccc23)cc1. The van der Waals surface area contributed by atoms with Crippen LogP contribution in [0, 0.1) is 11.3 Å². The quantitative estimate of drug-likeness (QED) is 0.521. The van der Waals surface area contributed by atoms with Gasteiger partial charge in [-0.3, -0.25) is 0 Å². The molecule has 0 saturated carbocycles. The van der Waals surface area contributed by atoms with Gasteiger partial charge < -0.3 is 10.1 Å². The van der Waals surface area contributed by atoms with E-state index in [1.165, 1.54) is 11.8 Å². The summed E-state index contributed by atoms with van der Waals surface area (Å²) >= 11 is 1.44. The number of nitrogens with one attached hydrogen (secondary N) is 1. The molecule has 0 atom stereocenters. The second kappa shape index (κ2) is 7.89. The second-order valence-electron chi connectivity index (χ2n) is 5.42. The zero-order valence-electron chi connectivity index (χ0n) is 14.4. The minimum atomic E-state index is -0.351. The van der Waals surface area contributed by atoms with E-state index in [2.05, 4.69) is 16.4 Å². The van der Waals surface area contributed by atoms with Gasteiger partial charge in [0.15, 0.2) is 0 Å². The van der Waals surface area contributed by atoms with E-state index in [4.69, 9.17) is 4.74 Å². The topological polar surface area (TPSA) is 75.0 Å². The van der Waals surface area contributed by atoms with Crippen LogP contribution in [0.5, 0.6) is 0 Å². The predicted molar refractivity (Wildman–Crippen MR) is 104 cm³/mol. The molecule has 1 heterocycles. The highest BCUT2D eigenvalue weighted by molar-refractivity contribution is 7.98. The minimum Gasteiger partial charge on any atom is -0.462 e. The summed E-state index contributed by atoms with van der Waals surface area (Å²) in [5.41, 5.74) is 3.30. The number of aromatic nitrogens is 1. The van der Waals surface area contributed by atoms with Gasteiger partial charge in [0.1, 0.15) is 16.7 Å². The number of nitrogens with zero attached hydrogens (tertiary/aromatic N) is 2. The Balaban J connectivity index is 2.03. The van der Waals surface area contributed by atoms with E-state index in [-0.39, 0.29) is 5.97 Å². The maximum Gasteiger partial charge on any atom is 0.338 e. The molecule has 0 fully saturated rings. The van der Waals surface area contributed by atoms with Crippen molar-refractivity contribution in [2.24, 2.45) is 0 Å². The Kier molecular flexibility index (Phi) is 5.40. The number of anilines is 2. The number of esters is 1. The second-order valence-corrected chi connectivity index (χ2v) is 6.22. The standard InChI is InChI=1S/C20H17N3O2S/c1-3-25-20(24)13-8-10-14(11-9-13)22-18-15-6-4-5-7-17(15)23-19(26-2)16(18)12-21/h4-11H,3H2,1-2H3,(H,22,23). The number of carbonyl (C=O) groups is 1. The van der Waals surface area contributed by atoms with Crippen LogP contribution in [0.1, 0.15) is 22.8 Å². The third kappa shape index (κ3) is 3.48. The van der Waals surface area contributed by atoms with Gasteiger partial charge in [-0.25, -0.2) is 9.78 Å². The van der Waals surface area contributed by atoms with Crippen LogP contribution in [0.3, 0.4) is 0 Å². The van der Waals surface area contributed by atoms with Gasteiger partial charge in [0.25, 0.3) is 0 Å². The van der Waals surface area contributed by atoms with Crippen LogP contribution >= 0.6 is 11.8 Å². The number of rotatable bonds is 5. The Morgan fingerprint density at radius 1 is 1.23 bits per heavy atom. The number of para-hydroxylation sites is 1. The normalized spacial score (nSPS) is 10.3. The molecule has 0 saturated heterocycles. The number of hydrogen-bond donors (Lipinski definition) is 1. The first-order valence-electron chi connectivity index (χ1n) is 8.09. The molecule has 0 bridgehead atoms. The van der Waals surface area contributed by atoms with Crippen LogP contribution in [0.2, 0.25) is 0 Å². The number of thioether (sulfide) groups is 1. The maximum absolute atomic E-state index is 11.8. The van der Waals surface area contributed by atoms with Gasteiger partial charge in [0.05, 0.1) is 23.4 Å². The summed E-state index contributed by atoms with van der Waals surface area (Å²) in [6.45, 7) is 2.11. The molecule has 5 nitrogen and oxygen atoms in total. The van der Waals surface area contributed by atoms with Gasteiger partial charge >= 0.3 is 5.97 Å². The lowest BCUT2D eigenvalue weighted by Gasteiger charge is -2.14. The average Bonchev–Trinajstić information content (AvgIpc) is 2.68. The third-order valence-electron chi connectivity index (χ3n) is 3.83. The molecule has 0 aliphatic heterocycles. The molecule has 130 valence electrons. The first-order chi connectivity index (χ1) is 12.7. The van der Waals surface area contributed by atoms with Crippen LogP contribution in [0.15, 0.2) is 53.6 Å². The Morgan fingerprint density at radius 2 is 1.96 bits per heavy atom. The van der Waals surface area contributed by atoms with Gasteiger partial charge in [-0.1, -0.05) is 18.2 Å². The van der Waals surface area contributed by atoms with Crippen molar-refractivity contribution in [1.29, 1.82) is 5.26 Å². The number of hydrogen-bond acceptors (Lipinski definition) is 6. The molecule has 1 aromatic heterocycles. The molecular weight excluding hydrogens is 346 g/mol. The molecule has 0 amide bonds. The number of ether oxygens (including phenoxy) is 1. The molecule has 26 heavy (non-hydrogen) atoms. The lowest BCUT2D eigenvalue weighted by Crippen LogP contribution is -2.04. The Bertz CT molecular complexity index is 994. The van der Waals surface area contributed by atoms with Crippen molar-refractivity contribution in [3.63, 3.8) is 0 Å². The summed E-state index contributed by atoms with van der Waals surface area (Å²) in [5.74, 6) is -0.351. The predicted octanol–water partition coefficient (Wildman–Crippen LogP) is 4.75. The van der Waals surface area contributed by atoms with Crippen molar-refractivity contribution in [1.82, 2.24) is 4.98 Å². The molecule has 0 spiro atoms. The third-order valence-corrected chi connectivity index (χ3v) is 4.51. The van der Waals surface area contributed by atoms with Crippen molar-refractivity contribution in [3.8, 4) is 6.07 Å². The average molecular weight is 363 g/mol. The van der Waals surface area contributed by atoms with Crippen LogP contribution in [-0.2, 0) is 4.74 Å². The van der Waals surface area contributed by atoms with Gasteiger partial charge in [0, 0.05) is 11.1 Å². The fourth-order valence-corrected chi connectivity index (χ4v) is 3.16. The number of nitriles is 1. The zero-order valence-corrected chi connectivity index (χ0v) is 15.3. The van der Waals surface area contributed by atoms with Crippen molar-refractivity contribution in [3.05, 3.63) is 59.7 Å². The van der Waals surface area contributed by atoms with Crippen molar-refractivity contribution >= 4 is 40.0 Å². The summed E-state index contributed by atoms with van der Waals surface area (Å²) in [6.07, 6.45) is 1.90. The molecule has 3 rings (SSSR count). The van der Waals surface area contributed by atoms with Crippen LogP contribution in [0.4, 0.5) is 11.4 Å². The molecular formula is C20H17N3O2S. The molecule has 0 aliphatic rings. The fourth-order valence-electron chi connectivity index (χ4n) is 2.62. The van der Waals surface area contributed by atoms with Crippen molar-refractivity contribution < 1.29 is 9.53 Å². The van der Waals surface area contributed by atoms with E-state index in [9.17, 15) is 10.1 Å². The fraction of sp³-hybridized carbons (Fsp3) is 0.150. The Labute approximate surface area is 156 Å². The molecule has 3 aromatic rings. The highest BCUT2D eigenvalue weighted by atomic mass is 32.2. The first kappa shape index (κ1) is 17.8. The lowest BCUT2D eigenvalue weighted by atomic mass is 10.1. The van der Waals surface area contributed by atoms with E-state index in [0.29, 0.717) is 28.4 Å². The van der Waals surface area contributed by atoms with Gasteiger partial charge in [-0.05, 0) is 43.5 Å². The minimum absolute atomic E-state index is 0.338. The molecule has 2 aromatic carbocycles. The number of pyridine rings is 1. The molecule has 6 heteroatoms. The lowest BCUT2D eigenvalue weighted by molar-refractivity contribution is 0.0526.